The van der Waals surface area contributed by atoms with Crippen LogP contribution in [0.25, 0.3) is 0 Å². The molecule has 0 saturated carbocycles. The minimum Gasteiger partial charge on any atom is -0.508 e. The zero-order valence-electron chi connectivity index (χ0n) is 14.8. The number of carbonyl (C=O) groups is 1. The normalized spacial score (nSPS) is 11.4. The first-order valence-electron chi connectivity index (χ1n) is 8.34. The summed E-state index contributed by atoms with van der Waals surface area (Å²) in [5, 5.41) is 10.3. The Morgan fingerprint density at radius 2 is 1.76 bits per heavy atom. The summed E-state index contributed by atoms with van der Waals surface area (Å²) in [6.07, 6.45) is 1.68. The summed E-state index contributed by atoms with van der Waals surface area (Å²) in [6, 6.07) is 11.0. The second-order valence-electron chi connectivity index (χ2n) is 6.02. The first-order chi connectivity index (χ1) is 11.9. The Hall–Kier alpha value is -2.04. The maximum Gasteiger partial charge on any atom is 0.339 e. The molecule has 0 saturated heterocycles. The molecule has 25 heavy (non-hydrogen) atoms. The monoisotopic (exact) mass is 361 g/mol. The molecule has 2 aromatic carbocycles. The minimum absolute atomic E-state index is 0.200. The van der Waals surface area contributed by atoms with Crippen LogP contribution in [0.4, 0.5) is 0 Å². The van der Waals surface area contributed by atoms with Crippen LogP contribution in [0.3, 0.4) is 0 Å². The summed E-state index contributed by atoms with van der Waals surface area (Å²) in [5.41, 5.74) is 8.61. The molecular formula is C20H24ClNO3. The molecule has 0 aliphatic carbocycles. The maximum atomic E-state index is 11.8. The van der Waals surface area contributed by atoms with E-state index in [9.17, 15) is 9.90 Å². The van der Waals surface area contributed by atoms with E-state index in [1.54, 1.807) is 12.1 Å². The molecule has 0 amide bonds. The Kier molecular flexibility index (Phi) is 6.09. The van der Waals surface area contributed by atoms with Crippen molar-refractivity contribution in [2.45, 2.75) is 38.6 Å². The smallest absolute Gasteiger partial charge is 0.339 e. The zero-order chi connectivity index (χ0) is 18.6. The van der Waals surface area contributed by atoms with E-state index >= 15 is 0 Å². The number of hydrogen-bond acceptors (Lipinski definition) is 4. The second kappa shape index (κ2) is 7.89. The number of hydrogen-bond donors (Lipinski definition) is 2. The quantitative estimate of drug-likeness (QED) is 0.748. The molecular weight excluding hydrogens is 338 g/mol. The molecule has 0 radical (unpaired) electrons. The number of phenols is 1. The Morgan fingerprint density at radius 1 is 1.16 bits per heavy atom. The highest BCUT2D eigenvalue weighted by molar-refractivity contribution is 6.33. The van der Waals surface area contributed by atoms with E-state index in [1.165, 1.54) is 7.11 Å². The van der Waals surface area contributed by atoms with Gasteiger partial charge in [-0.1, -0.05) is 37.6 Å². The summed E-state index contributed by atoms with van der Waals surface area (Å²) in [7, 11) is 1.33. The fourth-order valence-corrected chi connectivity index (χ4v) is 3.63. The second-order valence-corrected chi connectivity index (χ2v) is 6.43. The van der Waals surface area contributed by atoms with Gasteiger partial charge in [-0.25, -0.2) is 4.79 Å². The van der Waals surface area contributed by atoms with Crippen molar-refractivity contribution < 1.29 is 14.6 Å². The average Bonchev–Trinajstić information content (AvgIpc) is 2.63. The van der Waals surface area contributed by atoms with Crippen molar-refractivity contribution in [2.75, 3.05) is 7.11 Å². The van der Waals surface area contributed by atoms with Gasteiger partial charge in [-0.3, -0.25) is 0 Å². The van der Waals surface area contributed by atoms with E-state index in [2.05, 4.69) is 13.8 Å². The molecule has 134 valence electrons. The van der Waals surface area contributed by atoms with E-state index in [0.717, 1.165) is 24.0 Å². The first-order valence-corrected chi connectivity index (χ1v) is 8.72. The molecule has 5 heteroatoms. The Morgan fingerprint density at radius 3 is 2.28 bits per heavy atom. The van der Waals surface area contributed by atoms with Gasteiger partial charge in [0.1, 0.15) is 5.75 Å². The van der Waals surface area contributed by atoms with Gasteiger partial charge in [0, 0.05) is 17.5 Å². The fraction of sp³-hybridized carbons (Fsp3) is 0.350. The number of nitrogens with two attached hydrogens (primary N) is 1. The molecule has 2 rings (SSSR count). The predicted octanol–water partition coefficient (Wildman–Crippen LogP) is 4.40. The third kappa shape index (κ3) is 3.51. The van der Waals surface area contributed by atoms with Gasteiger partial charge in [0.15, 0.2) is 0 Å². The van der Waals surface area contributed by atoms with Crippen LogP contribution in [0, 0.1) is 0 Å². The Bertz CT molecular complexity index is 770. The predicted molar refractivity (Wildman–Crippen MR) is 100 cm³/mol. The summed E-state index contributed by atoms with van der Waals surface area (Å²) in [4.78, 5) is 11.8. The molecule has 0 heterocycles. The SMILES string of the molecule is CCC(CC)(c1ccc(C(=O)OC)c(Cl)c1)c1ccc(O)c(CN)c1. The lowest BCUT2D eigenvalue weighted by molar-refractivity contribution is 0.0601. The number of halogens is 1. The summed E-state index contributed by atoms with van der Waals surface area (Å²) in [5.74, 6) is -0.253. The van der Waals surface area contributed by atoms with Crippen LogP contribution in [-0.2, 0) is 16.7 Å². The number of phenolic OH excluding ortho intramolecular Hbond substituents is 1. The Balaban J connectivity index is 2.61. The third-order valence-corrected chi connectivity index (χ3v) is 5.30. The van der Waals surface area contributed by atoms with Crippen molar-refractivity contribution in [3.05, 3.63) is 63.7 Å². The van der Waals surface area contributed by atoms with E-state index < -0.39 is 5.97 Å². The standard InChI is InChI=1S/C20H24ClNO3/c1-4-20(5-2,14-7-9-18(23)13(10-14)12-22)15-6-8-16(17(21)11-15)19(24)25-3/h6-11,23H,4-5,12,22H2,1-3H3. The van der Waals surface area contributed by atoms with Crippen molar-refractivity contribution >= 4 is 17.6 Å². The van der Waals surface area contributed by atoms with Crippen LogP contribution in [-0.4, -0.2) is 18.2 Å². The van der Waals surface area contributed by atoms with Crippen molar-refractivity contribution in [2.24, 2.45) is 5.73 Å². The average molecular weight is 362 g/mol. The number of aromatic hydroxyl groups is 1. The van der Waals surface area contributed by atoms with E-state index in [-0.39, 0.29) is 17.7 Å². The fourth-order valence-electron chi connectivity index (χ4n) is 3.37. The molecule has 2 aromatic rings. The van der Waals surface area contributed by atoms with Crippen molar-refractivity contribution in [3.63, 3.8) is 0 Å². The van der Waals surface area contributed by atoms with Gasteiger partial charge in [-0.15, -0.1) is 0 Å². The van der Waals surface area contributed by atoms with Crippen molar-refractivity contribution in [1.82, 2.24) is 0 Å². The van der Waals surface area contributed by atoms with Gasteiger partial charge in [-0.2, -0.15) is 0 Å². The van der Waals surface area contributed by atoms with Crippen molar-refractivity contribution in [3.8, 4) is 5.75 Å². The number of rotatable bonds is 6. The van der Waals surface area contributed by atoms with Gasteiger partial charge < -0.3 is 15.6 Å². The molecule has 0 aromatic heterocycles. The van der Waals surface area contributed by atoms with Crippen LogP contribution >= 0.6 is 11.6 Å². The van der Waals surface area contributed by atoms with Crippen LogP contribution in [0.5, 0.6) is 5.75 Å². The number of benzene rings is 2. The molecule has 0 bridgehead atoms. The van der Waals surface area contributed by atoms with Crippen LogP contribution in [0.1, 0.15) is 53.7 Å². The number of ether oxygens (including phenoxy) is 1. The largest absolute Gasteiger partial charge is 0.508 e. The minimum atomic E-state index is -0.454. The first kappa shape index (κ1) is 19.3. The van der Waals surface area contributed by atoms with Gasteiger partial charge in [0.2, 0.25) is 0 Å². The van der Waals surface area contributed by atoms with Crippen LogP contribution in [0.15, 0.2) is 36.4 Å². The third-order valence-electron chi connectivity index (χ3n) is 4.99. The van der Waals surface area contributed by atoms with E-state index in [4.69, 9.17) is 22.1 Å². The topological polar surface area (TPSA) is 72.5 Å². The highest BCUT2D eigenvalue weighted by atomic mass is 35.5. The van der Waals surface area contributed by atoms with Crippen LogP contribution < -0.4 is 5.73 Å². The van der Waals surface area contributed by atoms with Crippen molar-refractivity contribution in [1.29, 1.82) is 0 Å². The number of methoxy groups -OCH3 is 1. The highest BCUT2D eigenvalue weighted by Gasteiger charge is 2.32. The highest BCUT2D eigenvalue weighted by Crippen LogP contribution is 2.41. The molecule has 0 spiro atoms. The van der Waals surface area contributed by atoms with E-state index in [0.29, 0.717) is 16.1 Å². The molecule has 0 aliphatic heterocycles. The lowest BCUT2D eigenvalue weighted by Gasteiger charge is -2.34. The molecule has 3 N–H and O–H groups in total. The number of esters is 1. The zero-order valence-corrected chi connectivity index (χ0v) is 15.6. The number of carbonyl (C=O) groups excluding carboxylic acids is 1. The van der Waals surface area contributed by atoms with Crippen LogP contribution in [0.2, 0.25) is 5.02 Å². The molecule has 0 atom stereocenters. The Labute approximate surface area is 153 Å². The molecule has 4 nitrogen and oxygen atoms in total. The van der Waals surface area contributed by atoms with Gasteiger partial charge in [0.25, 0.3) is 0 Å². The van der Waals surface area contributed by atoms with Gasteiger partial charge in [-0.05, 0) is 48.2 Å². The molecule has 0 unspecified atom stereocenters. The van der Waals surface area contributed by atoms with E-state index in [1.807, 2.05) is 24.3 Å². The van der Waals surface area contributed by atoms with Gasteiger partial charge >= 0.3 is 5.97 Å². The molecule has 0 fully saturated rings. The summed E-state index contributed by atoms with van der Waals surface area (Å²) >= 11 is 6.33. The maximum absolute atomic E-state index is 11.8. The van der Waals surface area contributed by atoms with Gasteiger partial charge in [0.05, 0.1) is 17.7 Å². The summed E-state index contributed by atoms with van der Waals surface area (Å²) < 4.78 is 4.76. The lowest BCUT2D eigenvalue weighted by Crippen LogP contribution is -2.26. The molecule has 0 aliphatic rings. The lowest BCUT2D eigenvalue weighted by atomic mass is 9.70. The summed E-state index contributed by atoms with van der Waals surface area (Å²) in [6.45, 7) is 4.49.